The highest BCUT2D eigenvalue weighted by Crippen LogP contribution is 2.35. The van der Waals surface area contributed by atoms with Crippen molar-refractivity contribution in [3.05, 3.63) is 0 Å². The van der Waals surface area contributed by atoms with Gasteiger partial charge in [0.2, 0.25) is 0 Å². The predicted octanol–water partition coefficient (Wildman–Crippen LogP) is 2.51. The maximum Gasteiger partial charge on any atom is 0.0462 e. The molecule has 112 valence electrons. The van der Waals surface area contributed by atoms with Crippen molar-refractivity contribution in [1.82, 2.24) is 10.2 Å². The molecule has 3 heteroatoms. The molecule has 1 aliphatic carbocycles. The highest BCUT2D eigenvalue weighted by Gasteiger charge is 2.39. The van der Waals surface area contributed by atoms with Crippen molar-refractivity contribution >= 4 is 0 Å². The first kappa shape index (κ1) is 15.3. The Balaban J connectivity index is 1.77. The summed E-state index contributed by atoms with van der Waals surface area (Å²) in [7, 11) is 1.79. The number of nitrogens with zero attached hydrogens (tertiary/aromatic N) is 1. The van der Waals surface area contributed by atoms with E-state index in [0.717, 1.165) is 24.5 Å². The Kier molecular flexibility index (Phi) is 6.11. The summed E-state index contributed by atoms with van der Waals surface area (Å²) in [5, 5.41) is 3.86. The highest BCUT2D eigenvalue weighted by molar-refractivity contribution is 4.95. The van der Waals surface area contributed by atoms with E-state index in [0.29, 0.717) is 6.04 Å². The molecule has 2 unspecified atom stereocenters. The molecule has 1 aliphatic heterocycles. The molecule has 0 aromatic carbocycles. The molecule has 3 nitrogen and oxygen atoms in total. The molecular weight excluding hydrogens is 236 g/mol. The van der Waals surface area contributed by atoms with Crippen molar-refractivity contribution in [1.29, 1.82) is 0 Å². The number of methoxy groups -OCH3 is 1. The summed E-state index contributed by atoms with van der Waals surface area (Å²) in [5.41, 5.74) is 0. The molecule has 2 rings (SSSR count). The van der Waals surface area contributed by atoms with Crippen molar-refractivity contribution < 1.29 is 4.74 Å². The van der Waals surface area contributed by atoms with Gasteiger partial charge in [0.15, 0.2) is 0 Å². The average molecular weight is 268 g/mol. The Labute approximate surface area is 119 Å². The monoisotopic (exact) mass is 268 g/mol. The zero-order valence-electron chi connectivity index (χ0n) is 13.0. The van der Waals surface area contributed by atoms with Gasteiger partial charge < -0.3 is 15.0 Å². The van der Waals surface area contributed by atoms with Crippen LogP contribution in [0.15, 0.2) is 0 Å². The molecule has 0 radical (unpaired) electrons. The Morgan fingerprint density at radius 2 is 1.84 bits per heavy atom. The maximum atomic E-state index is 5.11. The van der Waals surface area contributed by atoms with E-state index in [1.54, 1.807) is 7.11 Å². The second-order valence-corrected chi connectivity index (χ2v) is 6.68. The van der Waals surface area contributed by atoms with Crippen LogP contribution in [-0.2, 0) is 4.74 Å². The van der Waals surface area contributed by atoms with Crippen molar-refractivity contribution in [2.45, 2.75) is 58.0 Å². The number of fused-ring (bicyclic) bond motifs is 2. The minimum absolute atomic E-state index is 0.714. The standard InChI is InChI=1S/C16H32N2O/c1-13(2)18-11-14-7-6-8-15(12-18)16(14)17-9-4-5-10-19-3/h13-17H,4-12H2,1-3H3. The fraction of sp³-hybridized carbons (Fsp3) is 1.00. The normalized spacial score (nSPS) is 31.9. The number of nitrogens with one attached hydrogen (secondary N) is 1. The molecule has 2 fully saturated rings. The van der Waals surface area contributed by atoms with Crippen LogP contribution in [0, 0.1) is 11.8 Å². The number of likely N-dealkylation sites (tertiary alicyclic amines) is 1. The van der Waals surface area contributed by atoms with E-state index in [4.69, 9.17) is 4.74 Å². The molecule has 1 N–H and O–H groups in total. The molecule has 2 aliphatic rings. The number of ether oxygens (including phenoxy) is 1. The third kappa shape index (κ3) is 4.17. The van der Waals surface area contributed by atoms with Crippen molar-refractivity contribution in [2.75, 3.05) is 33.4 Å². The molecule has 1 saturated carbocycles. The van der Waals surface area contributed by atoms with Crippen LogP contribution in [0.5, 0.6) is 0 Å². The second kappa shape index (κ2) is 7.61. The van der Waals surface area contributed by atoms with Gasteiger partial charge in [-0.05, 0) is 57.9 Å². The zero-order chi connectivity index (χ0) is 13.7. The number of piperidine rings is 1. The topological polar surface area (TPSA) is 24.5 Å². The Hall–Kier alpha value is -0.120. The minimum Gasteiger partial charge on any atom is -0.385 e. The molecule has 19 heavy (non-hydrogen) atoms. The molecule has 1 saturated heterocycles. The number of hydrogen-bond donors (Lipinski definition) is 1. The lowest BCUT2D eigenvalue weighted by Gasteiger charge is -2.49. The second-order valence-electron chi connectivity index (χ2n) is 6.68. The van der Waals surface area contributed by atoms with Gasteiger partial charge in [0, 0.05) is 38.9 Å². The minimum atomic E-state index is 0.714. The number of rotatable bonds is 7. The van der Waals surface area contributed by atoms with E-state index in [-0.39, 0.29) is 0 Å². The smallest absolute Gasteiger partial charge is 0.0462 e. The summed E-state index contributed by atoms with van der Waals surface area (Å²) in [6, 6.07) is 1.50. The van der Waals surface area contributed by atoms with Crippen LogP contribution in [0.4, 0.5) is 0 Å². The van der Waals surface area contributed by atoms with E-state index in [1.807, 2.05) is 0 Å². The lowest BCUT2D eigenvalue weighted by Crippen LogP contribution is -2.58. The van der Waals surface area contributed by atoms with Gasteiger partial charge in [-0.2, -0.15) is 0 Å². The average Bonchev–Trinajstić information content (AvgIpc) is 2.37. The van der Waals surface area contributed by atoms with Gasteiger partial charge in [-0.25, -0.2) is 0 Å². The Morgan fingerprint density at radius 3 is 2.42 bits per heavy atom. The van der Waals surface area contributed by atoms with Gasteiger partial charge >= 0.3 is 0 Å². The maximum absolute atomic E-state index is 5.11. The van der Waals surface area contributed by atoms with Crippen molar-refractivity contribution in [3.8, 4) is 0 Å². The number of hydrogen-bond acceptors (Lipinski definition) is 3. The van der Waals surface area contributed by atoms with Crippen LogP contribution < -0.4 is 5.32 Å². The summed E-state index contributed by atoms with van der Waals surface area (Å²) in [4.78, 5) is 2.69. The lowest BCUT2D eigenvalue weighted by atomic mass is 9.73. The molecule has 1 heterocycles. The predicted molar refractivity (Wildman–Crippen MR) is 80.4 cm³/mol. The first-order chi connectivity index (χ1) is 9.22. The SMILES string of the molecule is COCCCCNC1C2CCCC1CN(C(C)C)C2. The fourth-order valence-electron chi connectivity index (χ4n) is 3.87. The van der Waals surface area contributed by atoms with Crippen LogP contribution in [-0.4, -0.2) is 50.3 Å². The van der Waals surface area contributed by atoms with Crippen molar-refractivity contribution in [3.63, 3.8) is 0 Å². The Bertz CT molecular complexity index is 243. The largest absolute Gasteiger partial charge is 0.385 e. The molecule has 2 bridgehead atoms. The first-order valence-corrected chi connectivity index (χ1v) is 8.18. The lowest BCUT2D eigenvalue weighted by molar-refractivity contribution is 0.0295. The van der Waals surface area contributed by atoms with Gasteiger partial charge in [-0.15, -0.1) is 0 Å². The molecule has 0 amide bonds. The molecule has 0 aromatic rings. The van der Waals surface area contributed by atoms with E-state index >= 15 is 0 Å². The third-order valence-electron chi connectivity index (χ3n) is 4.99. The van der Waals surface area contributed by atoms with Gasteiger partial charge in [0.05, 0.1) is 0 Å². The quantitative estimate of drug-likeness (QED) is 0.718. The van der Waals surface area contributed by atoms with Crippen LogP contribution in [0.25, 0.3) is 0 Å². The van der Waals surface area contributed by atoms with E-state index in [9.17, 15) is 0 Å². The van der Waals surface area contributed by atoms with E-state index in [1.165, 1.54) is 51.7 Å². The molecule has 0 aromatic heterocycles. The summed E-state index contributed by atoms with van der Waals surface area (Å²) in [6.07, 6.45) is 6.73. The van der Waals surface area contributed by atoms with E-state index in [2.05, 4.69) is 24.1 Å². The van der Waals surface area contributed by atoms with Gasteiger partial charge in [0.1, 0.15) is 0 Å². The van der Waals surface area contributed by atoms with Gasteiger partial charge in [-0.3, -0.25) is 0 Å². The summed E-state index contributed by atoms with van der Waals surface area (Å²) < 4.78 is 5.11. The Morgan fingerprint density at radius 1 is 1.16 bits per heavy atom. The summed E-state index contributed by atoms with van der Waals surface area (Å²) in [6.45, 7) is 9.37. The number of unbranched alkanes of at least 4 members (excludes halogenated alkanes) is 1. The van der Waals surface area contributed by atoms with Gasteiger partial charge in [-0.1, -0.05) is 6.42 Å². The van der Waals surface area contributed by atoms with Crippen LogP contribution in [0.1, 0.15) is 46.0 Å². The first-order valence-electron chi connectivity index (χ1n) is 8.18. The van der Waals surface area contributed by atoms with Crippen LogP contribution in [0.2, 0.25) is 0 Å². The third-order valence-corrected chi connectivity index (χ3v) is 4.99. The summed E-state index contributed by atoms with van der Waals surface area (Å²) in [5.74, 6) is 1.77. The highest BCUT2D eigenvalue weighted by atomic mass is 16.5. The van der Waals surface area contributed by atoms with E-state index < -0.39 is 0 Å². The summed E-state index contributed by atoms with van der Waals surface area (Å²) >= 11 is 0. The van der Waals surface area contributed by atoms with Gasteiger partial charge in [0.25, 0.3) is 0 Å². The molecule has 2 atom stereocenters. The zero-order valence-corrected chi connectivity index (χ0v) is 13.0. The molecular formula is C16H32N2O. The van der Waals surface area contributed by atoms with Crippen LogP contribution >= 0.6 is 0 Å². The van der Waals surface area contributed by atoms with Crippen molar-refractivity contribution in [2.24, 2.45) is 11.8 Å². The fourth-order valence-corrected chi connectivity index (χ4v) is 3.87. The van der Waals surface area contributed by atoms with Crippen LogP contribution in [0.3, 0.4) is 0 Å². The molecule has 0 spiro atoms.